The summed E-state index contributed by atoms with van der Waals surface area (Å²) in [6, 6.07) is 8.20. The van der Waals surface area contributed by atoms with Crippen LogP contribution in [0.15, 0.2) is 18.3 Å². The first kappa shape index (κ1) is 24.1. The van der Waals surface area contributed by atoms with Crippen molar-refractivity contribution in [1.29, 1.82) is 10.5 Å². The molecule has 0 radical (unpaired) electrons. The summed E-state index contributed by atoms with van der Waals surface area (Å²) >= 11 is 6.90. The molecule has 3 N–H and O–H groups in total. The number of carbonyl (C=O) groups is 1. The molecule has 3 aliphatic rings. The Balaban J connectivity index is 1.27. The largest absolute Gasteiger partial charge is 0.453 e. The van der Waals surface area contributed by atoms with Crippen LogP contribution in [0, 0.1) is 34.5 Å². The minimum Gasteiger partial charge on any atom is -0.453 e. The number of nitrogens with zero attached hydrogens (tertiary/aromatic N) is 7. The Bertz CT molecular complexity index is 1490. The lowest BCUT2D eigenvalue weighted by molar-refractivity contribution is 0.166. The molecule has 3 fully saturated rings. The van der Waals surface area contributed by atoms with Gasteiger partial charge in [-0.25, -0.2) is 9.78 Å². The lowest BCUT2D eigenvalue weighted by Crippen LogP contribution is -2.34. The van der Waals surface area contributed by atoms with Crippen molar-refractivity contribution in [2.45, 2.75) is 37.8 Å². The third-order valence-electron chi connectivity index (χ3n) is 7.42. The number of fused-ring (bicyclic) bond motifs is 2. The number of anilines is 4. The highest BCUT2D eigenvalue weighted by Gasteiger charge is 2.42. The average molecular weight is 533 g/mol. The normalized spacial score (nSPS) is 22.0. The molecule has 0 bridgehead atoms. The molecule has 194 valence electrons. The third-order valence-corrected chi connectivity index (χ3v) is 7.82. The molecule has 3 aromatic rings. The number of halogens is 1. The molecular weight excluding hydrogens is 508 g/mol. The second-order valence-corrected chi connectivity index (χ2v) is 10.4. The molecule has 1 aliphatic heterocycles. The molecule has 1 saturated heterocycles. The van der Waals surface area contributed by atoms with Crippen LogP contribution in [0.2, 0.25) is 5.02 Å². The molecule has 1 unspecified atom stereocenters. The summed E-state index contributed by atoms with van der Waals surface area (Å²) in [5.74, 6) is 1.57. The van der Waals surface area contributed by atoms with Gasteiger partial charge in [-0.2, -0.15) is 20.0 Å². The van der Waals surface area contributed by atoms with E-state index in [0.717, 1.165) is 44.5 Å². The molecule has 2 saturated carbocycles. The standard InChI is InChI=1S/C25H25ClN10O2/c1-38-25(37)31-17-6-14-11-35(12-15(14)7-17)20-5-13(8-27)4-19(21(20)26)32-24-33-22(30-16-2-3-16)23-29-10-18(9-28)36(23)34-24/h4-5,10,14-17H,2-3,6-7,11-12H2,1H3,(H,31,37)(H2,30,32,33,34)/t14-,15+,17?. The fourth-order valence-electron chi connectivity index (χ4n) is 5.48. The van der Waals surface area contributed by atoms with E-state index < -0.39 is 6.09 Å². The predicted molar refractivity (Wildman–Crippen MR) is 139 cm³/mol. The van der Waals surface area contributed by atoms with Crippen LogP contribution in [-0.2, 0) is 4.74 Å². The van der Waals surface area contributed by atoms with Crippen molar-refractivity contribution in [2.75, 3.05) is 35.7 Å². The first-order chi connectivity index (χ1) is 18.4. The van der Waals surface area contributed by atoms with E-state index in [2.05, 4.69) is 48.1 Å². The van der Waals surface area contributed by atoms with E-state index in [4.69, 9.17) is 16.3 Å². The Labute approximate surface area is 223 Å². The second kappa shape index (κ2) is 9.54. The summed E-state index contributed by atoms with van der Waals surface area (Å²) < 4.78 is 6.19. The van der Waals surface area contributed by atoms with Gasteiger partial charge in [0.1, 0.15) is 6.07 Å². The molecule has 13 heteroatoms. The van der Waals surface area contributed by atoms with E-state index >= 15 is 0 Å². The maximum absolute atomic E-state index is 11.6. The van der Waals surface area contributed by atoms with Crippen molar-refractivity contribution in [3.05, 3.63) is 34.6 Å². The molecule has 6 rings (SSSR count). The van der Waals surface area contributed by atoms with Crippen LogP contribution in [0.4, 0.5) is 27.9 Å². The monoisotopic (exact) mass is 532 g/mol. The van der Waals surface area contributed by atoms with Crippen LogP contribution >= 0.6 is 11.6 Å². The summed E-state index contributed by atoms with van der Waals surface area (Å²) in [4.78, 5) is 22.7. The molecule has 2 aromatic heterocycles. The number of hydrogen-bond acceptors (Lipinski definition) is 10. The summed E-state index contributed by atoms with van der Waals surface area (Å²) in [5, 5.41) is 33.6. The fourth-order valence-corrected chi connectivity index (χ4v) is 5.76. The number of nitrogens with one attached hydrogen (secondary N) is 3. The molecule has 3 atom stereocenters. The van der Waals surface area contributed by atoms with E-state index in [-0.39, 0.29) is 17.7 Å². The number of rotatable bonds is 6. The van der Waals surface area contributed by atoms with Gasteiger partial charge in [-0.15, -0.1) is 5.10 Å². The third kappa shape index (κ3) is 4.48. The number of methoxy groups -OCH3 is 1. The average Bonchev–Trinajstić information content (AvgIpc) is 3.31. The topological polar surface area (TPSA) is 156 Å². The number of nitriles is 2. The van der Waals surface area contributed by atoms with Gasteiger partial charge in [0, 0.05) is 25.2 Å². The highest BCUT2D eigenvalue weighted by molar-refractivity contribution is 6.36. The zero-order valence-electron chi connectivity index (χ0n) is 20.6. The van der Waals surface area contributed by atoms with Gasteiger partial charge in [0.05, 0.1) is 41.3 Å². The van der Waals surface area contributed by atoms with Gasteiger partial charge >= 0.3 is 6.09 Å². The Morgan fingerprint density at radius 2 is 1.92 bits per heavy atom. The van der Waals surface area contributed by atoms with Gasteiger partial charge in [-0.3, -0.25) is 0 Å². The fraction of sp³-hybridized carbons (Fsp3) is 0.440. The van der Waals surface area contributed by atoms with Crippen LogP contribution < -0.4 is 20.9 Å². The number of carbonyl (C=O) groups excluding carboxylic acids is 1. The quantitative estimate of drug-likeness (QED) is 0.429. The van der Waals surface area contributed by atoms with Crippen molar-refractivity contribution in [3.63, 3.8) is 0 Å². The number of benzene rings is 1. The Morgan fingerprint density at radius 3 is 2.58 bits per heavy atom. The van der Waals surface area contributed by atoms with E-state index in [1.54, 1.807) is 12.1 Å². The lowest BCUT2D eigenvalue weighted by Gasteiger charge is -2.24. The van der Waals surface area contributed by atoms with Gasteiger partial charge in [-0.05, 0) is 49.7 Å². The Morgan fingerprint density at radius 1 is 1.16 bits per heavy atom. The van der Waals surface area contributed by atoms with Crippen LogP contribution in [0.5, 0.6) is 0 Å². The molecule has 2 aliphatic carbocycles. The minimum absolute atomic E-state index is 0.102. The molecule has 1 aromatic carbocycles. The Hall–Kier alpha value is -4.29. The molecule has 3 heterocycles. The number of ether oxygens (including phenoxy) is 1. The number of alkyl carbamates (subject to hydrolysis) is 1. The zero-order valence-corrected chi connectivity index (χ0v) is 21.4. The molecular formula is C25H25ClN10O2. The number of amides is 1. The second-order valence-electron chi connectivity index (χ2n) is 10.0. The van der Waals surface area contributed by atoms with Crippen molar-refractivity contribution in [3.8, 4) is 12.1 Å². The summed E-state index contributed by atoms with van der Waals surface area (Å²) in [7, 11) is 1.37. The maximum atomic E-state index is 11.6. The lowest BCUT2D eigenvalue weighted by atomic mass is 10.0. The maximum Gasteiger partial charge on any atom is 0.407 e. The van der Waals surface area contributed by atoms with Crippen molar-refractivity contribution >= 4 is 46.5 Å². The number of hydrogen-bond donors (Lipinski definition) is 3. The van der Waals surface area contributed by atoms with Gasteiger partial charge in [0.15, 0.2) is 17.2 Å². The first-order valence-electron chi connectivity index (χ1n) is 12.5. The Kier molecular flexibility index (Phi) is 6.04. The van der Waals surface area contributed by atoms with Gasteiger partial charge < -0.3 is 25.6 Å². The summed E-state index contributed by atoms with van der Waals surface area (Å²) in [6.07, 6.45) is 4.88. The highest BCUT2D eigenvalue weighted by Crippen LogP contribution is 2.44. The number of imidazole rings is 1. The SMILES string of the molecule is COC(=O)NC1C[C@@H]2CN(c3cc(C#N)cc(Nc4nc(NC5CC5)c5ncc(C#N)n5n4)c3Cl)C[C@@H]2C1. The zero-order chi connectivity index (χ0) is 26.4. The summed E-state index contributed by atoms with van der Waals surface area (Å²) in [5.41, 5.74) is 2.47. The van der Waals surface area contributed by atoms with E-state index in [0.29, 0.717) is 45.6 Å². The van der Waals surface area contributed by atoms with Crippen molar-refractivity contribution < 1.29 is 9.53 Å². The van der Waals surface area contributed by atoms with Crippen LogP contribution in [-0.4, -0.2) is 58.0 Å². The van der Waals surface area contributed by atoms with Crippen LogP contribution in [0.3, 0.4) is 0 Å². The smallest absolute Gasteiger partial charge is 0.407 e. The predicted octanol–water partition coefficient (Wildman–Crippen LogP) is 3.41. The molecule has 12 nitrogen and oxygen atoms in total. The van der Waals surface area contributed by atoms with E-state index in [1.807, 2.05) is 0 Å². The van der Waals surface area contributed by atoms with E-state index in [1.165, 1.54) is 17.8 Å². The van der Waals surface area contributed by atoms with Gasteiger partial charge in [-0.1, -0.05) is 11.6 Å². The van der Waals surface area contributed by atoms with E-state index in [9.17, 15) is 15.3 Å². The minimum atomic E-state index is -0.402. The molecule has 38 heavy (non-hydrogen) atoms. The number of aromatic nitrogens is 4. The van der Waals surface area contributed by atoms with Crippen molar-refractivity contribution in [1.82, 2.24) is 24.9 Å². The molecule has 0 spiro atoms. The van der Waals surface area contributed by atoms with Gasteiger partial charge in [0.2, 0.25) is 5.95 Å². The van der Waals surface area contributed by atoms with Crippen molar-refractivity contribution in [2.24, 2.45) is 11.8 Å². The van der Waals surface area contributed by atoms with Crippen LogP contribution in [0.1, 0.15) is 36.9 Å². The van der Waals surface area contributed by atoms with Gasteiger partial charge in [0.25, 0.3) is 0 Å². The summed E-state index contributed by atoms with van der Waals surface area (Å²) in [6.45, 7) is 1.55. The molecule has 1 amide bonds. The van der Waals surface area contributed by atoms with Crippen LogP contribution in [0.25, 0.3) is 5.65 Å². The first-order valence-corrected chi connectivity index (χ1v) is 12.9. The highest BCUT2D eigenvalue weighted by atomic mass is 35.5.